The van der Waals surface area contributed by atoms with E-state index in [1.807, 2.05) is 7.05 Å². The Balaban J connectivity index is 2.68. The van der Waals surface area contributed by atoms with Crippen molar-refractivity contribution < 1.29 is 9.84 Å². The van der Waals surface area contributed by atoms with Crippen molar-refractivity contribution in [1.82, 2.24) is 15.1 Å². The highest BCUT2D eigenvalue weighted by Gasteiger charge is 2.14. The molecule has 2 N–H and O–H groups in total. The van der Waals surface area contributed by atoms with Crippen LogP contribution in [0.5, 0.6) is 5.88 Å². The molecular formula is C11H21N3O2. The fraction of sp³-hybridized carbons (Fsp3) is 0.727. The van der Waals surface area contributed by atoms with Gasteiger partial charge in [0.1, 0.15) is 0 Å². The number of methoxy groups -OCH3 is 1. The molecule has 5 nitrogen and oxygen atoms in total. The number of hydrogen-bond donors (Lipinski definition) is 2. The van der Waals surface area contributed by atoms with E-state index >= 15 is 0 Å². The van der Waals surface area contributed by atoms with Gasteiger partial charge in [-0.05, 0) is 19.4 Å². The van der Waals surface area contributed by atoms with Gasteiger partial charge in [-0.25, -0.2) is 4.68 Å². The fourth-order valence-electron chi connectivity index (χ4n) is 1.74. The van der Waals surface area contributed by atoms with Gasteiger partial charge in [0.25, 0.3) is 0 Å². The van der Waals surface area contributed by atoms with Crippen LogP contribution in [0.2, 0.25) is 0 Å². The van der Waals surface area contributed by atoms with Gasteiger partial charge in [0.2, 0.25) is 5.88 Å². The van der Waals surface area contributed by atoms with Crippen LogP contribution in [0.3, 0.4) is 0 Å². The monoisotopic (exact) mass is 227 g/mol. The second-order valence-electron chi connectivity index (χ2n) is 3.67. The molecule has 5 heteroatoms. The van der Waals surface area contributed by atoms with Gasteiger partial charge in [0, 0.05) is 20.2 Å². The van der Waals surface area contributed by atoms with Crippen LogP contribution in [0.4, 0.5) is 0 Å². The number of aliphatic hydroxyl groups is 1. The number of aromatic nitrogens is 2. The van der Waals surface area contributed by atoms with Crippen LogP contribution < -0.4 is 10.1 Å². The van der Waals surface area contributed by atoms with Crippen molar-refractivity contribution in [3.8, 4) is 5.88 Å². The van der Waals surface area contributed by atoms with E-state index in [-0.39, 0.29) is 6.61 Å². The largest absolute Gasteiger partial charge is 0.481 e. The van der Waals surface area contributed by atoms with E-state index in [1.54, 1.807) is 11.8 Å². The van der Waals surface area contributed by atoms with Crippen LogP contribution in [0.15, 0.2) is 0 Å². The van der Waals surface area contributed by atoms with Crippen LogP contribution in [0.1, 0.15) is 24.6 Å². The molecule has 0 saturated heterocycles. The summed E-state index contributed by atoms with van der Waals surface area (Å²) < 4.78 is 7.09. The fourth-order valence-corrected chi connectivity index (χ4v) is 1.74. The van der Waals surface area contributed by atoms with E-state index < -0.39 is 0 Å². The summed E-state index contributed by atoms with van der Waals surface area (Å²) in [6.45, 7) is 3.84. The summed E-state index contributed by atoms with van der Waals surface area (Å²) in [7, 11) is 3.54. The minimum atomic E-state index is 0.220. The lowest BCUT2D eigenvalue weighted by Gasteiger charge is -2.06. The Morgan fingerprint density at radius 2 is 2.25 bits per heavy atom. The first-order valence-electron chi connectivity index (χ1n) is 5.64. The predicted molar refractivity (Wildman–Crippen MR) is 62.5 cm³/mol. The summed E-state index contributed by atoms with van der Waals surface area (Å²) in [6, 6.07) is 0. The van der Waals surface area contributed by atoms with Crippen molar-refractivity contribution in [3.63, 3.8) is 0 Å². The van der Waals surface area contributed by atoms with E-state index in [2.05, 4.69) is 17.3 Å². The van der Waals surface area contributed by atoms with Crippen molar-refractivity contribution in [2.24, 2.45) is 7.05 Å². The third kappa shape index (κ3) is 2.96. The zero-order chi connectivity index (χ0) is 12.0. The molecule has 0 spiro atoms. The Morgan fingerprint density at radius 1 is 1.50 bits per heavy atom. The maximum Gasteiger partial charge on any atom is 0.216 e. The normalized spacial score (nSPS) is 10.8. The highest BCUT2D eigenvalue weighted by molar-refractivity contribution is 5.31. The summed E-state index contributed by atoms with van der Waals surface area (Å²) >= 11 is 0. The van der Waals surface area contributed by atoms with Gasteiger partial charge < -0.3 is 15.2 Å². The molecule has 0 fully saturated rings. The average molecular weight is 227 g/mol. The number of hydrogen-bond acceptors (Lipinski definition) is 4. The number of aliphatic hydroxyl groups excluding tert-OH is 1. The van der Waals surface area contributed by atoms with E-state index in [4.69, 9.17) is 9.84 Å². The molecule has 0 unspecified atom stereocenters. The lowest BCUT2D eigenvalue weighted by Crippen LogP contribution is -2.16. The van der Waals surface area contributed by atoms with Crippen LogP contribution in [-0.4, -0.2) is 35.1 Å². The SMILES string of the molecule is CCc1nn(C)c(OC)c1CNCCCO. The summed E-state index contributed by atoms with van der Waals surface area (Å²) in [4.78, 5) is 0. The minimum Gasteiger partial charge on any atom is -0.481 e. The van der Waals surface area contributed by atoms with Gasteiger partial charge >= 0.3 is 0 Å². The van der Waals surface area contributed by atoms with Gasteiger partial charge in [-0.15, -0.1) is 0 Å². The molecule has 0 aliphatic carbocycles. The summed E-state index contributed by atoms with van der Waals surface area (Å²) in [5, 5.41) is 16.4. The highest BCUT2D eigenvalue weighted by Crippen LogP contribution is 2.21. The minimum absolute atomic E-state index is 0.220. The number of ether oxygens (including phenoxy) is 1. The molecular weight excluding hydrogens is 206 g/mol. The van der Waals surface area contributed by atoms with Crippen LogP contribution in [0, 0.1) is 0 Å². The molecule has 0 aliphatic rings. The molecule has 0 radical (unpaired) electrons. The van der Waals surface area contributed by atoms with Crippen molar-refractivity contribution in [2.45, 2.75) is 26.3 Å². The molecule has 0 bridgehead atoms. The average Bonchev–Trinajstić information content (AvgIpc) is 2.60. The number of aryl methyl sites for hydroxylation is 2. The lowest BCUT2D eigenvalue weighted by molar-refractivity contribution is 0.285. The molecule has 0 aliphatic heterocycles. The van der Waals surface area contributed by atoms with Gasteiger partial charge in [0.15, 0.2) is 0 Å². The zero-order valence-corrected chi connectivity index (χ0v) is 10.3. The summed E-state index contributed by atoms with van der Waals surface area (Å²) in [5.74, 6) is 0.813. The lowest BCUT2D eigenvalue weighted by atomic mass is 10.2. The van der Waals surface area contributed by atoms with Crippen molar-refractivity contribution in [3.05, 3.63) is 11.3 Å². The Labute approximate surface area is 96.4 Å². The van der Waals surface area contributed by atoms with Gasteiger partial charge in [-0.1, -0.05) is 6.92 Å². The van der Waals surface area contributed by atoms with Crippen LogP contribution in [-0.2, 0) is 20.0 Å². The standard InChI is InChI=1S/C11H21N3O2/c1-4-10-9(8-12-6-5-7-15)11(16-3)14(2)13-10/h12,15H,4-8H2,1-3H3. The zero-order valence-electron chi connectivity index (χ0n) is 10.3. The van der Waals surface area contributed by atoms with Crippen molar-refractivity contribution in [1.29, 1.82) is 0 Å². The maximum absolute atomic E-state index is 8.69. The van der Waals surface area contributed by atoms with Crippen LogP contribution in [0.25, 0.3) is 0 Å². The maximum atomic E-state index is 8.69. The predicted octanol–water partition coefficient (Wildman–Crippen LogP) is 0.463. The molecule has 16 heavy (non-hydrogen) atoms. The molecule has 0 saturated carbocycles. The molecule has 0 aromatic carbocycles. The molecule has 92 valence electrons. The third-order valence-electron chi connectivity index (χ3n) is 2.51. The highest BCUT2D eigenvalue weighted by atomic mass is 16.5. The molecule has 1 rings (SSSR count). The van der Waals surface area contributed by atoms with E-state index in [0.717, 1.165) is 43.1 Å². The second kappa shape index (κ2) is 6.50. The first-order valence-corrected chi connectivity index (χ1v) is 5.64. The van der Waals surface area contributed by atoms with Crippen LogP contribution >= 0.6 is 0 Å². The Kier molecular flexibility index (Phi) is 5.28. The van der Waals surface area contributed by atoms with Crippen molar-refractivity contribution in [2.75, 3.05) is 20.3 Å². The Morgan fingerprint density at radius 3 is 2.81 bits per heavy atom. The number of nitrogens with one attached hydrogen (secondary N) is 1. The first kappa shape index (κ1) is 13.0. The number of nitrogens with zero attached hydrogens (tertiary/aromatic N) is 2. The van der Waals surface area contributed by atoms with Gasteiger partial charge in [-0.3, -0.25) is 0 Å². The molecule has 1 aromatic rings. The molecule has 0 amide bonds. The number of rotatable bonds is 7. The first-order chi connectivity index (χ1) is 7.74. The second-order valence-corrected chi connectivity index (χ2v) is 3.67. The Hall–Kier alpha value is -1.07. The third-order valence-corrected chi connectivity index (χ3v) is 2.51. The van der Waals surface area contributed by atoms with Gasteiger partial charge in [-0.2, -0.15) is 5.10 Å². The Bertz CT molecular complexity index is 323. The van der Waals surface area contributed by atoms with Gasteiger partial charge in [0.05, 0.1) is 18.4 Å². The van der Waals surface area contributed by atoms with E-state index in [9.17, 15) is 0 Å². The van der Waals surface area contributed by atoms with E-state index in [0.29, 0.717) is 0 Å². The molecule has 0 atom stereocenters. The topological polar surface area (TPSA) is 59.3 Å². The molecule has 1 heterocycles. The quantitative estimate of drug-likeness (QED) is 0.665. The van der Waals surface area contributed by atoms with Crippen molar-refractivity contribution >= 4 is 0 Å². The smallest absolute Gasteiger partial charge is 0.216 e. The molecule has 1 aromatic heterocycles. The van der Waals surface area contributed by atoms with E-state index in [1.165, 1.54) is 0 Å². The summed E-state index contributed by atoms with van der Waals surface area (Å²) in [6.07, 6.45) is 1.66. The summed E-state index contributed by atoms with van der Waals surface area (Å²) in [5.41, 5.74) is 2.18.